The summed E-state index contributed by atoms with van der Waals surface area (Å²) in [5.74, 6) is -1.06. The molecule has 2 aromatic carbocycles. The molecule has 1 amide bonds. The number of halogens is 2. The lowest BCUT2D eigenvalue weighted by atomic mass is 10.1. The zero-order chi connectivity index (χ0) is 18.0. The second-order valence-electron chi connectivity index (χ2n) is 5.94. The summed E-state index contributed by atoms with van der Waals surface area (Å²) < 4.78 is 39.3. The van der Waals surface area contributed by atoms with E-state index in [0.29, 0.717) is 10.6 Å². The Balaban J connectivity index is 1.87. The van der Waals surface area contributed by atoms with Crippen LogP contribution in [-0.4, -0.2) is 38.1 Å². The highest BCUT2D eigenvalue weighted by molar-refractivity contribution is 7.91. The number of carbonyl (C=O) groups is 1. The van der Waals surface area contributed by atoms with Crippen LogP contribution in [-0.2, 0) is 9.84 Å². The molecule has 0 N–H and O–H groups in total. The van der Waals surface area contributed by atoms with Gasteiger partial charge in [0.15, 0.2) is 9.84 Å². The number of hydrogen-bond acceptors (Lipinski definition) is 3. The molecule has 0 bridgehead atoms. The van der Waals surface area contributed by atoms with Gasteiger partial charge in [-0.2, -0.15) is 0 Å². The molecule has 1 aliphatic rings. The van der Waals surface area contributed by atoms with Gasteiger partial charge in [0, 0.05) is 18.7 Å². The van der Waals surface area contributed by atoms with Gasteiger partial charge in [-0.05, 0) is 24.6 Å². The normalized spacial score (nSPS) is 20.1. The highest BCUT2D eigenvalue weighted by Gasteiger charge is 2.34. The van der Waals surface area contributed by atoms with Crippen LogP contribution in [0.1, 0.15) is 27.6 Å². The van der Waals surface area contributed by atoms with Gasteiger partial charge in [-0.1, -0.05) is 41.9 Å². The predicted octanol–water partition coefficient (Wildman–Crippen LogP) is 3.48. The molecule has 4 nitrogen and oxygen atoms in total. The Hall–Kier alpha value is -1.92. The highest BCUT2D eigenvalue weighted by atomic mass is 35.5. The van der Waals surface area contributed by atoms with E-state index in [0.717, 1.165) is 0 Å². The van der Waals surface area contributed by atoms with E-state index in [1.165, 1.54) is 23.1 Å². The molecule has 0 spiro atoms. The van der Waals surface area contributed by atoms with Gasteiger partial charge in [0.05, 0.1) is 21.6 Å². The molecule has 25 heavy (non-hydrogen) atoms. The smallest absolute Gasteiger partial charge is 0.255 e. The summed E-state index contributed by atoms with van der Waals surface area (Å²) >= 11 is 6.07. The molecular formula is C18H17ClFNO3S. The number of benzene rings is 2. The molecule has 3 rings (SSSR count). The van der Waals surface area contributed by atoms with Crippen molar-refractivity contribution >= 4 is 27.3 Å². The Kier molecular flexibility index (Phi) is 5.11. The fraction of sp³-hybridized carbons (Fsp3) is 0.278. The van der Waals surface area contributed by atoms with Crippen molar-refractivity contribution in [2.75, 3.05) is 18.8 Å². The Labute approximate surface area is 151 Å². The number of nitrogens with zero attached hydrogens (tertiary/aromatic N) is 1. The van der Waals surface area contributed by atoms with Crippen LogP contribution in [0.4, 0.5) is 4.39 Å². The van der Waals surface area contributed by atoms with Crippen LogP contribution < -0.4 is 0 Å². The van der Waals surface area contributed by atoms with Gasteiger partial charge in [-0.3, -0.25) is 4.79 Å². The van der Waals surface area contributed by atoms with E-state index in [9.17, 15) is 17.6 Å². The lowest BCUT2D eigenvalue weighted by Gasteiger charge is -2.20. The second kappa shape index (κ2) is 7.14. The lowest BCUT2D eigenvalue weighted by molar-refractivity contribution is 0.0766. The van der Waals surface area contributed by atoms with Gasteiger partial charge in [-0.15, -0.1) is 0 Å². The summed E-state index contributed by atoms with van der Waals surface area (Å²) in [5.41, 5.74) is 0.500. The van der Waals surface area contributed by atoms with Crippen molar-refractivity contribution in [3.8, 4) is 0 Å². The molecule has 0 aromatic heterocycles. The molecular weight excluding hydrogens is 365 g/mol. The molecule has 0 aliphatic carbocycles. The molecule has 1 heterocycles. The Morgan fingerprint density at radius 2 is 1.76 bits per heavy atom. The minimum Gasteiger partial charge on any atom is -0.338 e. The summed E-state index contributed by atoms with van der Waals surface area (Å²) in [7, 11) is -3.56. The summed E-state index contributed by atoms with van der Waals surface area (Å²) in [5, 5.41) is -0.622. The molecule has 1 fully saturated rings. The van der Waals surface area contributed by atoms with Crippen LogP contribution in [0.15, 0.2) is 48.5 Å². The van der Waals surface area contributed by atoms with Crippen molar-refractivity contribution in [2.45, 2.75) is 11.7 Å². The third-order valence-electron chi connectivity index (χ3n) is 4.38. The van der Waals surface area contributed by atoms with Crippen molar-refractivity contribution in [1.29, 1.82) is 0 Å². The standard InChI is InChI=1S/C18H17ClFNO3S/c19-15-7-3-1-5-13(15)18(22)21-10-9-17(25(23,24)12-11-21)14-6-2-4-8-16(14)20/h1-8,17H,9-12H2. The maximum absolute atomic E-state index is 14.1. The van der Waals surface area contributed by atoms with Crippen LogP contribution in [0.2, 0.25) is 5.02 Å². The largest absolute Gasteiger partial charge is 0.338 e. The van der Waals surface area contributed by atoms with Gasteiger partial charge in [0.1, 0.15) is 5.82 Å². The molecule has 7 heteroatoms. The summed E-state index contributed by atoms with van der Waals surface area (Å²) in [6.45, 7) is 0.291. The molecule has 0 saturated carbocycles. The summed E-state index contributed by atoms with van der Waals surface area (Å²) in [6, 6.07) is 12.5. The minimum absolute atomic E-state index is 0.0668. The monoisotopic (exact) mass is 381 g/mol. The number of rotatable bonds is 2. The second-order valence-corrected chi connectivity index (χ2v) is 8.65. The SMILES string of the molecule is O=C(c1ccccc1Cl)N1CCC(c2ccccc2F)S(=O)(=O)CC1. The van der Waals surface area contributed by atoms with Gasteiger partial charge in [0.25, 0.3) is 5.91 Å². The quantitative estimate of drug-likeness (QED) is 0.800. The van der Waals surface area contributed by atoms with E-state index in [1.54, 1.807) is 30.3 Å². The molecule has 0 radical (unpaired) electrons. The topological polar surface area (TPSA) is 54.5 Å². The molecule has 132 valence electrons. The van der Waals surface area contributed by atoms with E-state index in [4.69, 9.17) is 11.6 Å². The maximum atomic E-state index is 14.1. The third kappa shape index (κ3) is 3.70. The predicted molar refractivity (Wildman–Crippen MR) is 94.9 cm³/mol. The molecule has 1 aliphatic heterocycles. The van der Waals surface area contributed by atoms with Crippen molar-refractivity contribution in [2.24, 2.45) is 0 Å². The van der Waals surface area contributed by atoms with Crippen LogP contribution in [0.5, 0.6) is 0 Å². The van der Waals surface area contributed by atoms with Gasteiger partial charge >= 0.3 is 0 Å². The first-order valence-corrected chi connectivity index (χ1v) is 9.99. The van der Waals surface area contributed by atoms with Gasteiger partial charge < -0.3 is 4.90 Å². The minimum atomic E-state index is -3.56. The number of carbonyl (C=O) groups excluding carboxylic acids is 1. The van der Waals surface area contributed by atoms with Crippen LogP contribution in [0.25, 0.3) is 0 Å². The fourth-order valence-corrected chi connectivity index (χ4v) is 5.06. The summed E-state index contributed by atoms with van der Waals surface area (Å²) in [4.78, 5) is 14.1. The maximum Gasteiger partial charge on any atom is 0.255 e. The first-order chi connectivity index (χ1) is 11.9. The average molecular weight is 382 g/mol. The van der Waals surface area contributed by atoms with Crippen LogP contribution in [0, 0.1) is 5.82 Å². The first kappa shape index (κ1) is 17.9. The molecule has 1 atom stereocenters. The number of amides is 1. The first-order valence-electron chi connectivity index (χ1n) is 7.90. The fourth-order valence-electron chi connectivity index (χ4n) is 3.04. The highest BCUT2D eigenvalue weighted by Crippen LogP contribution is 2.31. The molecule has 2 aromatic rings. The summed E-state index contributed by atoms with van der Waals surface area (Å²) in [6.07, 6.45) is 0.152. The van der Waals surface area contributed by atoms with E-state index in [1.807, 2.05) is 0 Å². The van der Waals surface area contributed by atoms with Gasteiger partial charge in [-0.25, -0.2) is 12.8 Å². The van der Waals surface area contributed by atoms with Crippen molar-refractivity contribution in [3.63, 3.8) is 0 Å². The zero-order valence-corrected chi connectivity index (χ0v) is 14.9. The Bertz CT molecular complexity index is 901. The van der Waals surface area contributed by atoms with E-state index >= 15 is 0 Å². The van der Waals surface area contributed by atoms with Crippen LogP contribution in [0.3, 0.4) is 0 Å². The molecule has 1 unspecified atom stereocenters. The molecule has 1 saturated heterocycles. The number of hydrogen-bond donors (Lipinski definition) is 0. The average Bonchev–Trinajstić information content (AvgIpc) is 2.74. The van der Waals surface area contributed by atoms with E-state index in [-0.39, 0.29) is 36.7 Å². The lowest BCUT2D eigenvalue weighted by Crippen LogP contribution is -2.33. The van der Waals surface area contributed by atoms with Crippen LogP contribution >= 0.6 is 11.6 Å². The zero-order valence-electron chi connectivity index (χ0n) is 13.4. The van der Waals surface area contributed by atoms with E-state index < -0.39 is 20.9 Å². The number of sulfone groups is 1. The third-order valence-corrected chi connectivity index (χ3v) is 6.82. The van der Waals surface area contributed by atoms with Crippen molar-refractivity contribution < 1.29 is 17.6 Å². The Morgan fingerprint density at radius 3 is 2.48 bits per heavy atom. The van der Waals surface area contributed by atoms with E-state index in [2.05, 4.69) is 0 Å². The van der Waals surface area contributed by atoms with Gasteiger partial charge in [0.2, 0.25) is 0 Å². The van der Waals surface area contributed by atoms with Crippen molar-refractivity contribution in [3.05, 3.63) is 70.5 Å². The Morgan fingerprint density at radius 1 is 1.08 bits per heavy atom. The van der Waals surface area contributed by atoms with Crippen molar-refractivity contribution in [1.82, 2.24) is 4.90 Å².